The molecule has 0 atom stereocenters. The van der Waals surface area contributed by atoms with Gasteiger partial charge < -0.3 is 5.32 Å². The van der Waals surface area contributed by atoms with Gasteiger partial charge in [0.05, 0.1) is 0 Å². The van der Waals surface area contributed by atoms with Crippen LogP contribution in [0, 0.1) is 6.92 Å². The highest BCUT2D eigenvalue weighted by Gasteiger charge is 2.16. The predicted molar refractivity (Wildman–Crippen MR) is 86.1 cm³/mol. The molecule has 0 amide bonds. The molecular weight excluding hydrogens is 262 g/mol. The van der Waals surface area contributed by atoms with Crippen LogP contribution < -0.4 is 5.32 Å². The van der Waals surface area contributed by atoms with Crippen molar-refractivity contribution in [2.45, 2.75) is 53.4 Å². The fourth-order valence-corrected chi connectivity index (χ4v) is 2.29. The summed E-state index contributed by atoms with van der Waals surface area (Å²) in [5.41, 5.74) is 1.07. The Balaban J connectivity index is 2.58. The van der Waals surface area contributed by atoms with Gasteiger partial charge in [-0.2, -0.15) is 0 Å². The normalized spacial score (nSPS) is 11.1. The van der Waals surface area contributed by atoms with E-state index in [-0.39, 0.29) is 0 Å². The van der Waals surface area contributed by atoms with Crippen LogP contribution in [0.4, 0.5) is 5.82 Å². The first-order chi connectivity index (χ1) is 10.1. The molecule has 0 saturated heterocycles. The summed E-state index contributed by atoms with van der Waals surface area (Å²) < 4.78 is 2.09. The molecule has 0 aliphatic carbocycles. The Labute approximate surface area is 126 Å². The summed E-state index contributed by atoms with van der Waals surface area (Å²) in [6, 6.07) is 0. The van der Waals surface area contributed by atoms with E-state index in [1.54, 1.807) is 0 Å². The quantitative estimate of drug-likeness (QED) is 0.883. The summed E-state index contributed by atoms with van der Waals surface area (Å²) in [6.45, 7) is 11.4. The Morgan fingerprint density at radius 3 is 2.62 bits per heavy atom. The third-order valence-corrected chi connectivity index (χ3v) is 3.42. The van der Waals surface area contributed by atoms with Crippen molar-refractivity contribution in [2.75, 3.05) is 11.9 Å². The average molecular weight is 287 g/mol. The highest BCUT2D eigenvalue weighted by atomic mass is 15.2. The molecule has 5 nitrogen and oxygen atoms in total. The van der Waals surface area contributed by atoms with Crippen LogP contribution in [0.1, 0.15) is 57.2 Å². The van der Waals surface area contributed by atoms with Gasteiger partial charge in [-0.05, 0) is 20.3 Å². The van der Waals surface area contributed by atoms with Crippen LogP contribution in [-0.4, -0.2) is 26.1 Å². The molecule has 21 heavy (non-hydrogen) atoms. The molecule has 2 rings (SSSR count). The molecule has 2 heterocycles. The number of nitrogens with zero attached hydrogens (tertiary/aromatic N) is 4. The average Bonchev–Trinajstić information content (AvgIpc) is 2.89. The van der Waals surface area contributed by atoms with Gasteiger partial charge in [-0.3, -0.25) is 4.57 Å². The summed E-state index contributed by atoms with van der Waals surface area (Å²) in [4.78, 5) is 13.9. The van der Waals surface area contributed by atoms with Crippen molar-refractivity contribution in [2.24, 2.45) is 0 Å². The predicted octanol–water partition coefficient (Wildman–Crippen LogP) is 3.48. The fourth-order valence-electron chi connectivity index (χ4n) is 2.29. The van der Waals surface area contributed by atoms with Gasteiger partial charge in [-0.25, -0.2) is 15.0 Å². The number of rotatable bonds is 6. The zero-order chi connectivity index (χ0) is 15.4. The van der Waals surface area contributed by atoms with E-state index in [1.807, 2.05) is 12.4 Å². The molecule has 2 aromatic rings. The van der Waals surface area contributed by atoms with Crippen LogP contribution in [0.15, 0.2) is 12.4 Å². The van der Waals surface area contributed by atoms with Gasteiger partial charge in [-0.15, -0.1) is 0 Å². The summed E-state index contributed by atoms with van der Waals surface area (Å²) in [5.74, 6) is 4.06. The minimum atomic E-state index is 0.292. The molecule has 0 aromatic carbocycles. The Bertz CT molecular complexity index is 601. The first kappa shape index (κ1) is 15.5. The van der Waals surface area contributed by atoms with Crippen molar-refractivity contribution in [3.8, 4) is 5.82 Å². The lowest BCUT2D eigenvalue weighted by atomic mass is 10.2. The molecule has 0 fully saturated rings. The highest BCUT2D eigenvalue weighted by Crippen LogP contribution is 2.23. The SMILES string of the molecule is CCCc1nccn1-c1nc(C(C)C)nc(NCC)c1C. The van der Waals surface area contributed by atoms with Gasteiger partial charge in [0.1, 0.15) is 23.3 Å². The number of nitrogens with one attached hydrogen (secondary N) is 1. The highest BCUT2D eigenvalue weighted by molar-refractivity contribution is 5.52. The number of hydrogen-bond donors (Lipinski definition) is 1. The maximum atomic E-state index is 4.77. The van der Waals surface area contributed by atoms with E-state index < -0.39 is 0 Å². The van der Waals surface area contributed by atoms with Gasteiger partial charge in [0.15, 0.2) is 0 Å². The second kappa shape index (κ2) is 6.70. The standard InChI is InChI=1S/C16H25N5/c1-6-8-13-18-9-10-21(13)16-12(5)15(17-7-2)19-14(20-16)11(3)4/h9-11H,6-8H2,1-5H3,(H,17,19,20). The monoisotopic (exact) mass is 287 g/mol. The Hall–Kier alpha value is -1.91. The molecule has 0 saturated carbocycles. The fraction of sp³-hybridized carbons (Fsp3) is 0.562. The van der Waals surface area contributed by atoms with Crippen molar-refractivity contribution in [3.05, 3.63) is 29.6 Å². The largest absolute Gasteiger partial charge is 0.370 e. The van der Waals surface area contributed by atoms with Crippen LogP contribution in [0.5, 0.6) is 0 Å². The molecule has 2 aromatic heterocycles. The summed E-state index contributed by atoms with van der Waals surface area (Å²) in [5, 5.41) is 3.34. The Morgan fingerprint density at radius 2 is 2.00 bits per heavy atom. The summed E-state index contributed by atoms with van der Waals surface area (Å²) >= 11 is 0. The van der Waals surface area contributed by atoms with Crippen molar-refractivity contribution < 1.29 is 0 Å². The van der Waals surface area contributed by atoms with E-state index in [4.69, 9.17) is 4.98 Å². The van der Waals surface area contributed by atoms with Crippen molar-refractivity contribution in [1.29, 1.82) is 0 Å². The van der Waals surface area contributed by atoms with Crippen LogP contribution >= 0.6 is 0 Å². The van der Waals surface area contributed by atoms with Crippen LogP contribution in [0.2, 0.25) is 0 Å². The summed E-state index contributed by atoms with van der Waals surface area (Å²) in [7, 11) is 0. The Morgan fingerprint density at radius 1 is 1.24 bits per heavy atom. The molecule has 0 bridgehead atoms. The minimum absolute atomic E-state index is 0.292. The molecule has 0 radical (unpaired) electrons. The summed E-state index contributed by atoms with van der Waals surface area (Å²) in [6.07, 6.45) is 5.84. The van der Waals surface area contributed by atoms with Gasteiger partial charge in [0.2, 0.25) is 0 Å². The zero-order valence-electron chi connectivity index (χ0n) is 13.6. The molecule has 1 N–H and O–H groups in total. The topological polar surface area (TPSA) is 55.6 Å². The maximum Gasteiger partial charge on any atom is 0.146 e. The molecule has 114 valence electrons. The molecule has 0 aliphatic rings. The lowest BCUT2D eigenvalue weighted by Gasteiger charge is -2.16. The number of hydrogen-bond acceptors (Lipinski definition) is 4. The van der Waals surface area contributed by atoms with Crippen LogP contribution in [0.25, 0.3) is 5.82 Å². The van der Waals surface area contributed by atoms with Crippen LogP contribution in [0.3, 0.4) is 0 Å². The second-order valence-electron chi connectivity index (χ2n) is 5.53. The molecule has 0 aliphatic heterocycles. The van der Waals surface area contributed by atoms with E-state index >= 15 is 0 Å². The smallest absolute Gasteiger partial charge is 0.146 e. The zero-order valence-corrected chi connectivity index (χ0v) is 13.6. The van der Waals surface area contributed by atoms with E-state index in [9.17, 15) is 0 Å². The van der Waals surface area contributed by atoms with Gasteiger partial charge in [0, 0.05) is 36.8 Å². The second-order valence-corrected chi connectivity index (χ2v) is 5.53. The van der Waals surface area contributed by atoms with E-state index in [0.29, 0.717) is 5.92 Å². The lowest BCUT2D eigenvalue weighted by molar-refractivity contribution is 0.741. The third kappa shape index (κ3) is 3.23. The minimum Gasteiger partial charge on any atom is -0.370 e. The van der Waals surface area contributed by atoms with E-state index in [0.717, 1.165) is 48.2 Å². The van der Waals surface area contributed by atoms with Crippen molar-refractivity contribution in [3.63, 3.8) is 0 Å². The number of anilines is 1. The van der Waals surface area contributed by atoms with E-state index in [1.165, 1.54) is 0 Å². The number of aryl methyl sites for hydroxylation is 1. The van der Waals surface area contributed by atoms with Crippen molar-refractivity contribution in [1.82, 2.24) is 19.5 Å². The van der Waals surface area contributed by atoms with Gasteiger partial charge in [0.25, 0.3) is 0 Å². The third-order valence-electron chi connectivity index (χ3n) is 3.42. The Kier molecular flexibility index (Phi) is 4.94. The van der Waals surface area contributed by atoms with Gasteiger partial charge >= 0.3 is 0 Å². The molecule has 0 spiro atoms. The van der Waals surface area contributed by atoms with Crippen molar-refractivity contribution >= 4 is 5.82 Å². The number of aromatic nitrogens is 4. The lowest BCUT2D eigenvalue weighted by Crippen LogP contribution is -2.13. The molecule has 5 heteroatoms. The van der Waals surface area contributed by atoms with Crippen LogP contribution in [-0.2, 0) is 6.42 Å². The molecule has 0 unspecified atom stereocenters. The van der Waals surface area contributed by atoms with E-state index in [2.05, 4.69) is 54.5 Å². The first-order valence-corrected chi connectivity index (χ1v) is 7.73. The maximum absolute atomic E-state index is 4.77. The number of imidazole rings is 1. The van der Waals surface area contributed by atoms with Gasteiger partial charge in [-0.1, -0.05) is 20.8 Å². The molecular formula is C16H25N5. The first-order valence-electron chi connectivity index (χ1n) is 7.73.